The number of H-pyrrole nitrogens is 1. The van der Waals surface area contributed by atoms with Gasteiger partial charge in [-0.25, -0.2) is 9.59 Å². The van der Waals surface area contributed by atoms with Gasteiger partial charge in [0.2, 0.25) is 0 Å². The second-order valence-electron chi connectivity index (χ2n) is 6.33. The Kier molecular flexibility index (Phi) is 7.10. The van der Waals surface area contributed by atoms with E-state index in [1.165, 1.54) is 12.1 Å². The van der Waals surface area contributed by atoms with Crippen LogP contribution in [0.2, 0.25) is 10.0 Å². The summed E-state index contributed by atoms with van der Waals surface area (Å²) in [7, 11) is 0. The van der Waals surface area contributed by atoms with Crippen molar-refractivity contribution >= 4 is 46.7 Å². The van der Waals surface area contributed by atoms with Crippen LogP contribution in [0.3, 0.4) is 0 Å². The highest BCUT2D eigenvalue weighted by atomic mass is 35.5. The van der Waals surface area contributed by atoms with E-state index < -0.39 is 24.5 Å². The van der Waals surface area contributed by atoms with Gasteiger partial charge < -0.3 is 19.8 Å². The zero-order chi connectivity index (χ0) is 21.0. The number of esters is 2. The summed E-state index contributed by atoms with van der Waals surface area (Å²) < 4.78 is 10.2. The normalized spacial score (nSPS) is 10.7. The topological polar surface area (TPSA) is 97.5 Å². The number of aryl methyl sites for hydroxylation is 1. The molecule has 1 aromatic carbocycles. The molecule has 0 saturated carbocycles. The van der Waals surface area contributed by atoms with Crippen LogP contribution in [0.1, 0.15) is 46.0 Å². The van der Waals surface area contributed by atoms with E-state index in [9.17, 15) is 14.4 Å². The van der Waals surface area contributed by atoms with Crippen LogP contribution in [0.5, 0.6) is 0 Å². The maximum atomic E-state index is 12.3. The van der Waals surface area contributed by atoms with Crippen molar-refractivity contribution in [3.05, 3.63) is 50.8 Å². The number of nitrogens with one attached hydrogen (secondary N) is 2. The number of hydrogen-bond acceptors (Lipinski definition) is 5. The molecule has 0 radical (unpaired) electrons. The van der Waals surface area contributed by atoms with Crippen LogP contribution in [0.15, 0.2) is 18.2 Å². The number of hydrogen-bond donors (Lipinski definition) is 2. The highest BCUT2D eigenvalue weighted by molar-refractivity contribution is 6.35. The standard InChI is InChI=1S/C19H20Cl2N2O5/c1-9(2)28-18(25)16-10(3)17(22-11(16)4)19(26)27-8-15(24)23-14-7-12(20)5-6-13(14)21/h5-7,9,22H,8H2,1-4H3,(H,23,24). The highest BCUT2D eigenvalue weighted by Crippen LogP contribution is 2.25. The number of halogens is 2. The lowest BCUT2D eigenvalue weighted by atomic mass is 10.1. The number of carbonyl (C=O) groups excluding carboxylic acids is 3. The molecular weight excluding hydrogens is 407 g/mol. The molecule has 0 unspecified atom stereocenters. The van der Waals surface area contributed by atoms with E-state index in [-0.39, 0.29) is 17.4 Å². The van der Waals surface area contributed by atoms with Crippen molar-refractivity contribution in [3.8, 4) is 0 Å². The SMILES string of the molecule is Cc1[nH]c(C(=O)OCC(=O)Nc2cc(Cl)ccc2Cl)c(C)c1C(=O)OC(C)C. The quantitative estimate of drug-likeness (QED) is 0.670. The van der Waals surface area contributed by atoms with E-state index in [2.05, 4.69) is 10.3 Å². The molecule has 9 heteroatoms. The van der Waals surface area contributed by atoms with Crippen LogP contribution in [0, 0.1) is 13.8 Å². The molecule has 0 aliphatic heterocycles. The summed E-state index contributed by atoms with van der Waals surface area (Å²) >= 11 is 11.8. The first-order valence-corrected chi connectivity index (χ1v) is 9.18. The lowest BCUT2D eigenvalue weighted by Crippen LogP contribution is -2.21. The summed E-state index contributed by atoms with van der Waals surface area (Å²) in [6.07, 6.45) is -0.293. The predicted molar refractivity (Wildman–Crippen MR) is 106 cm³/mol. The number of anilines is 1. The number of ether oxygens (including phenoxy) is 2. The van der Waals surface area contributed by atoms with Gasteiger partial charge in [0, 0.05) is 10.7 Å². The Bertz CT molecular complexity index is 921. The van der Waals surface area contributed by atoms with Crippen molar-refractivity contribution in [3.63, 3.8) is 0 Å². The smallest absolute Gasteiger partial charge is 0.355 e. The molecule has 150 valence electrons. The van der Waals surface area contributed by atoms with Gasteiger partial charge in [-0.2, -0.15) is 0 Å². The summed E-state index contributed by atoms with van der Waals surface area (Å²) in [6, 6.07) is 4.60. The van der Waals surface area contributed by atoms with Gasteiger partial charge in [0.15, 0.2) is 6.61 Å². The Morgan fingerprint density at radius 2 is 1.82 bits per heavy atom. The Hall–Kier alpha value is -2.51. The third-order valence-corrected chi connectivity index (χ3v) is 4.29. The zero-order valence-electron chi connectivity index (χ0n) is 15.8. The number of rotatable bonds is 6. The Labute approximate surface area is 172 Å². The van der Waals surface area contributed by atoms with Crippen molar-refractivity contribution < 1.29 is 23.9 Å². The fraction of sp³-hybridized carbons (Fsp3) is 0.316. The summed E-state index contributed by atoms with van der Waals surface area (Å²) in [6.45, 7) is 6.17. The molecule has 0 atom stereocenters. The van der Waals surface area contributed by atoms with Gasteiger partial charge >= 0.3 is 11.9 Å². The first kappa shape index (κ1) is 21.8. The molecule has 0 aliphatic rings. The lowest BCUT2D eigenvalue weighted by Gasteiger charge is -2.09. The molecule has 0 saturated heterocycles. The fourth-order valence-corrected chi connectivity index (χ4v) is 2.85. The lowest BCUT2D eigenvalue weighted by molar-refractivity contribution is -0.119. The van der Waals surface area contributed by atoms with E-state index in [4.69, 9.17) is 32.7 Å². The minimum absolute atomic E-state index is 0.0850. The molecule has 0 fully saturated rings. The molecule has 7 nitrogen and oxygen atoms in total. The number of amides is 1. The van der Waals surface area contributed by atoms with Crippen molar-refractivity contribution in [1.29, 1.82) is 0 Å². The van der Waals surface area contributed by atoms with Crippen LogP contribution in [0.25, 0.3) is 0 Å². The number of carbonyl (C=O) groups is 3. The molecule has 2 rings (SSSR count). The molecule has 1 amide bonds. The van der Waals surface area contributed by atoms with Gasteiger partial charge in [-0.3, -0.25) is 4.79 Å². The van der Waals surface area contributed by atoms with E-state index in [0.29, 0.717) is 27.0 Å². The maximum absolute atomic E-state index is 12.3. The maximum Gasteiger partial charge on any atom is 0.355 e. The molecule has 0 spiro atoms. The molecule has 2 aromatic rings. The number of aromatic amines is 1. The van der Waals surface area contributed by atoms with Gasteiger partial charge in [-0.05, 0) is 51.5 Å². The van der Waals surface area contributed by atoms with Crippen molar-refractivity contribution in [2.45, 2.75) is 33.8 Å². The summed E-state index contributed by atoms with van der Waals surface area (Å²) in [5.74, 6) is -1.89. The second-order valence-corrected chi connectivity index (χ2v) is 7.17. The number of benzene rings is 1. The average Bonchev–Trinajstić information content (AvgIpc) is 2.90. The summed E-state index contributed by atoms with van der Waals surface area (Å²) in [4.78, 5) is 39.3. The largest absolute Gasteiger partial charge is 0.459 e. The third kappa shape index (κ3) is 5.27. The molecule has 1 aromatic heterocycles. The van der Waals surface area contributed by atoms with Gasteiger partial charge in [0.25, 0.3) is 5.91 Å². The van der Waals surface area contributed by atoms with E-state index >= 15 is 0 Å². The Morgan fingerprint density at radius 1 is 1.14 bits per heavy atom. The molecule has 1 heterocycles. The van der Waals surface area contributed by atoms with Crippen molar-refractivity contribution in [2.75, 3.05) is 11.9 Å². The minimum Gasteiger partial charge on any atom is -0.459 e. The monoisotopic (exact) mass is 426 g/mol. The van der Waals surface area contributed by atoms with Gasteiger partial charge in [-0.15, -0.1) is 0 Å². The second kappa shape index (κ2) is 9.12. The van der Waals surface area contributed by atoms with Crippen LogP contribution < -0.4 is 5.32 Å². The van der Waals surface area contributed by atoms with Gasteiger partial charge in [0.05, 0.1) is 22.4 Å². The minimum atomic E-state index is -0.767. The van der Waals surface area contributed by atoms with Gasteiger partial charge in [-0.1, -0.05) is 23.2 Å². The molecular formula is C19H20Cl2N2O5. The Morgan fingerprint density at radius 3 is 2.46 bits per heavy atom. The van der Waals surface area contributed by atoms with Crippen molar-refractivity contribution in [1.82, 2.24) is 4.98 Å². The van der Waals surface area contributed by atoms with Crippen LogP contribution in [-0.2, 0) is 14.3 Å². The first-order valence-electron chi connectivity index (χ1n) is 8.42. The fourth-order valence-electron chi connectivity index (χ4n) is 2.52. The Balaban J connectivity index is 2.04. The molecule has 2 N–H and O–H groups in total. The van der Waals surface area contributed by atoms with E-state index in [1.807, 2.05) is 0 Å². The summed E-state index contributed by atoms with van der Waals surface area (Å²) in [5.41, 5.74) is 1.54. The highest BCUT2D eigenvalue weighted by Gasteiger charge is 2.25. The van der Waals surface area contributed by atoms with Crippen molar-refractivity contribution in [2.24, 2.45) is 0 Å². The van der Waals surface area contributed by atoms with Crippen LogP contribution >= 0.6 is 23.2 Å². The van der Waals surface area contributed by atoms with Gasteiger partial charge in [0.1, 0.15) is 5.69 Å². The third-order valence-electron chi connectivity index (χ3n) is 3.73. The predicted octanol–water partition coefficient (Wildman–Crippen LogP) is 4.30. The molecule has 0 aliphatic carbocycles. The molecule has 0 bridgehead atoms. The van der Waals surface area contributed by atoms with E-state index in [1.54, 1.807) is 33.8 Å². The van der Waals surface area contributed by atoms with Crippen LogP contribution in [-0.4, -0.2) is 35.5 Å². The average molecular weight is 427 g/mol. The first-order chi connectivity index (χ1) is 13.1. The number of aromatic nitrogens is 1. The summed E-state index contributed by atoms with van der Waals surface area (Å²) in [5, 5.41) is 3.21. The zero-order valence-corrected chi connectivity index (χ0v) is 17.3. The molecule has 28 heavy (non-hydrogen) atoms. The van der Waals surface area contributed by atoms with E-state index in [0.717, 1.165) is 0 Å². The van der Waals surface area contributed by atoms with Crippen LogP contribution in [0.4, 0.5) is 5.69 Å².